The van der Waals surface area contributed by atoms with Gasteiger partial charge in [-0.05, 0) is 24.3 Å². The molecular formula is C14H11NO4. The SMILES string of the molecule is COC(=O)c1cc(N)c2c(c1)Oc1ccccc1O2. The van der Waals surface area contributed by atoms with Crippen molar-refractivity contribution < 1.29 is 19.0 Å². The molecule has 2 aromatic rings. The van der Waals surface area contributed by atoms with Gasteiger partial charge in [-0.15, -0.1) is 0 Å². The summed E-state index contributed by atoms with van der Waals surface area (Å²) in [6.45, 7) is 0. The summed E-state index contributed by atoms with van der Waals surface area (Å²) < 4.78 is 16.0. The Hall–Kier alpha value is -2.69. The third kappa shape index (κ3) is 1.85. The van der Waals surface area contributed by atoms with E-state index in [0.29, 0.717) is 34.2 Å². The van der Waals surface area contributed by atoms with Crippen LogP contribution in [0.2, 0.25) is 0 Å². The van der Waals surface area contributed by atoms with E-state index in [9.17, 15) is 4.79 Å². The molecule has 5 heteroatoms. The number of nitrogens with two attached hydrogens (primary N) is 1. The van der Waals surface area contributed by atoms with Gasteiger partial charge in [0.2, 0.25) is 0 Å². The predicted molar refractivity (Wildman–Crippen MR) is 68.8 cm³/mol. The van der Waals surface area contributed by atoms with E-state index in [-0.39, 0.29) is 0 Å². The molecule has 0 atom stereocenters. The first kappa shape index (κ1) is 11.4. The quantitative estimate of drug-likeness (QED) is 0.536. The Bertz CT molecular complexity index is 666. The van der Waals surface area contributed by atoms with Gasteiger partial charge < -0.3 is 19.9 Å². The minimum Gasteiger partial charge on any atom is -0.465 e. The van der Waals surface area contributed by atoms with Gasteiger partial charge in [-0.25, -0.2) is 4.79 Å². The van der Waals surface area contributed by atoms with Crippen LogP contribution >= 0.6 is 0 Å². The number of carbonyl (C=O) groups is 1. The Labute approximate surface area is 109 Å². The molecule has 0 aromatic heterocycles. The summed E-state index contributed by atoms with van der Waals surface area (Å²) in [7, 11) is 1.31. The van der Waals surface area contributed by atoms with E-state index in [2.05, 4.69) is 4.74 Å². The first-order valence-corrected chi connectivity index (χ1v) is 5.65. The van der Waals surface area contributed by atoms with E-state index in [1.807, 2.05) is 12.1 Å². The molecule has 0 bridgehead atoms. The molecule has 0 spiro atoms. The lowest BCUT2D eigenvalue weighted by Crippen LogP contribution is -2.06. The van der Waals surface area contributed by atoms with Gasteiger partial charge in [-0.3, -0.25) is 0 Å². The molecule has 1 aliphatic heterocycles. The highest BCUT2D eigenvalue weighted by Gasteiger charge is 2.23. The number of ether oxygens (including phenoxy) is 3. The van der Waals surface area contributed by atoms with Gasteiger partial charge in [0.25, 0.3) is 0 Å². The molecule has 19 heavy (non-hydrogen) atoms. The predicted octanol–water partition coefficient (Wildman–Crippen LogP) is 2.95. The lowest BCUT2D eigenvalue weighted by Gasteiger charge is -2.22. The Morgan fingerprint density at radius 3 is 2.47 bits per heavy atom. The van der Waals surface area contributed by atoms with Gasteiger partial charge in [0.15, 0.2) is 23.0 Å². The number of benzene rings is 2. The van der Waals surface area contributed by atoms with Crippen LogP contribution < -0.4 is 15.2 Å². The number of para-hydroxylation sites is 2. The molecule has 3 rings (SSSR count). The summed E-state index contributed by atoms with van der Waals surface area (Å²) in [5.41, 5.74) is 6.53. The fourth-order valence-electron chi connectivity index (χ4n) is 1.89. The zero-order valence-corrected chi connectivity index (χ0v) is 10.2. The molecule has 0 amide bonds. The summed E-state index contributed by atoms with van der Waals surface area (Å²) in [6.07, 6.45) is 0. The van der Waals surface area contributed by atoms with Crippen LogP contribution in [0.1, 0.15) is 10.4 Å². The van der Waals surface area contributed by atoms with E-state index in [1.165, 1.54) is 13.2 Å². The summed E-state index contributed by atoms with van der Waals surface area (Å²) in [5, 5.41) is 0. The third-order valence-corrected chi connectivity index (χ3v) is 2.79. The van der Waals surface area contributed by atoms with Gasteiger partial charge in [0.05, 0.1) is 18.4 Å². The zero-order chi connectivity index (χ0) is 13.4. The maximum absolute atomic E-state index is 11.5. The van der Waals surface area contributed by atoms with Crippen LogP contribution in [-0.4, -0.2) is 13.1 Å². The van der Waals surface area contributed by atoms with Crippen LogP contribution in [0.4, 0.5) is 5.69 Å². The summed E-state index contributed by atoms with van der Waals surface area (Å²) >= 11 is 0. The molecule has 0 radical (unpaired) electrons. The number of carbonyl (C=O) groups excluding carboxylic acids is 1. The zero-order valence-electron chi connectivity index (χ0n) is 10.2. The molecule has 5 nitrogen and oxygen atoms in total. The van der Waals surface area contributed by atoms with Crippen molar-refractivity contribution in [2.24, 2.45) is 0 Å². The maximum atomic E-state index is 11.5. The van der Waals surface area contributed by atoms with Crippen LogP contribution in [0.25, 0.3) is 0 Å². The van der Waals surface area contributed by atoms with Crippen LogP contribution in [0.15, 0.2) is 36.4 Å². The molecule has 0 aliphatic carbocycles. The first-order chi connectivity index (χ1) is 9.19. The smallest absolute Gasteiger partial charge is 0.338 e. The first-order valence-electron chi connectivity index (χ1n) is 5.65. The maximum Gasteiger partial charge on any atom is 0.338 e. The number of rotatable bonds is 1. The number of hydrogen-bond acceptors (Lipinski definition) is 5. The second kappa shape index (κ2) is 4.20. The number of hydrogen-bond donors (Lipinski definition) is 1. The molecule has 0 saturated heterocycles. The fourth-order valence-corrected chi connectivity index (χ4v) is 1.89. The Kier molecular flexibility index (Phi) is 2.52. The van der Waals surface area contributed by atoms with Crippen molar-refractivity contribution in [1.82, 2.24) is 0 Å². The highest BCUT2D eigenvalue weighted by atomic mass is 16.6. The van der Waals surface area contributed by atoms with E-state index in [0.717, 1.165) is 0 Å². The molecule has 96 valence electrons. The average molecular weight is 257 g/mol. The topological polar surface area (TPSA) is 70.8 Å². The normalized spacial score (nSPS) is 11.6. The molecule has 0 fully saturated rings. The Balaban J connectivity index is 2.08. The van der Waals surface area contributed by atoms with Crippen molar-refractivity contribution in [3.63, 3.8) is 0 Å². The lowest BCUT2D eigenvalue weighted by atomic mass is 10.1. The van der Waals surface area contributed by atoms with Crippen LogP contribution in [-0.2, 0) is 4.74 Å². The summed E-state index contributed by atoms with van der Waals surface area (Å²) in [5.74, 6) is 1.51. The van der Waals surface area contributed by atoms with Gasteiger partial charge in [-0.1, -0.05) is 12.1 Å². The van der Waals surface area contributed by atoms with Crippen molar-refractivity contribution in [2.75, 3.05) is 12.8 Å². The van der Waals surface area contributed by atoms with Crippen molar-refractivity contribution in [3.8, 4) is 23.0 Å². The number of fused-ring (bicyclic) bond motifs is 2. The van der Waals surface area contributed by atoms with Crippen LogP contribution in [0.5, 0.6) is 23.0 Å². The number of anilines is 1. The van der Waals surface area contributed by atoms with Crippen molar-refractivity contribution in [1.29, 1.82) is 0 Å². The molecule has 0 saturated carbocycles. The molecule has 0 unspecified atom stereocenters. The van der Waals surface area contributed by atoms with E-state index >= 15 is 0 Å². The standard InChI is InChI=1S/C14H11NO4/c1-17-14(16)8-6-9(15)13-12(7-8)18-10-4-2-3-5-11(10)19-13/h2-7H,15H2,1H3. The highest BCUT2D eigenvalue weighted by molar-refractivity contribution is 5.92. The fraction of sp³-hybridized carbons (Fsp3) is 0.0714. The van der Waals surface area contributed by atoms with Crippen LogP contribution in [0, 0.1) is 0 Å². The largest absolute Gasteiger partial charge is 0.465 e. The van der Waals surface area contributed by atoms with Gasteiger partial charge >= 0.3 is 5.97 Å². The molecule has 1 aliphatic rings. The van der Waals surface area contributed by atoms with Gasteiger partial charge in [0.1, 0.15) is 0 Å². The second-order valence-electron chi connectivity index (χ2n) is 4.04. The number of esters is 1. The average Bonchev–Trinajstić information content (AvgIpc) is 2.44. The number of methoxy groups -OCH3 is 1. The molecule has 2 aromatic carbocycles. The van der Waals surface area contributed by atoms with Crippen molar-refractivity contribution in [2.45, 2.75) is 0 Å². The Morgan fingerprint density at radius 1 is 1.11 bits per heavy atom. The highest BCUT2D eigenvalue weighted by Crippen LogP contribution is 2.48. The molecule has 1 heterocycles. The molecule has 2 N–H and O–H groups in total. The van der Waals surface area contributed by atoms with E-state index < -0.39 is 5.97 Å². The third-order valence-electron chi connectivity index (χ3n) is 2.79. The van der Waals surface area contributed by atoms with E-state index in [1.54, 1.807) is 18.2 Å². The minimum absolute atomic E-state index is 0.321. The molecular weight excluding hydrogens is 246 g/mol. The summed E-state index contributed by atoms with van der Waals surface area (Å²) in [6, 6.07) is 10.3. The summed E-state index contributed by atoms with van der Waals surface area (Å²) in [4.78, 5) is 11.5. The van der Waals surface area contributed by atoms with Crippen LogP contribution in [0.3, 0.4) is 0 Å². The minimum atomic E-state index is -0.475. The number of nitrogen functional groups attached to an aromatic ring is 1. The second-order valence-corrected chi connectivity index (χ2v) is 4.04. The van der Waals surface area contributed by atoms with Crippen molar-refractivity contribution >= 4 is 11.7 Å². The Morgan fingerprint density at radius 2 is 1.79 bits per heavy atom. The van der Waals surface area contributed by atoms with Gasteiger partial charge in [0, 0.05) is 0 Å². The monoisotopic (exact) mass is 257 g/mol. The van der Waals surface area contributed by atoms with E-state index in [4.69, 9.17) is 15.2 Å². The van der Waals surface area contributed by atoms with Gasteiger partial charge in [-0.2, -0.15) is 0 Å². The lowest BCUT2D eigenvalue weighted by molar-refractivity contribution is 0.0600. The van der Waals surface area contributed by atoms with Crippen molar-refractivity contribution in [3.05, 3.63) is 42.0 Å².